The topological polar surface area (TPSA) is 17.1 Å². The number of Topliss-reactive ketones (excluding diaryl/α,β-unsaturated/α-hetero) is 1. The van der Waals surface area contributed by atoms with Crippen molar-refractivity contribution in [3.05, 3.63) is 10.6 Å². The highest BCUT2D eigenvalue weighted by Crippen LogP contribution is 2.18. The summed E-state index contributed by atoms with van der Waals surface area (Å²) in [6, 6.07) is 0. The van der Waals surface area contributed by atoms with Gasteiger partial charge in [0.05, 0.1) is 0 Å². The molecule has 0 saturated carbocycles. The third-order valence-corrected chi connectivity index (χ3v) is 1.99. The van der Waals surface area contributed by atoms with E-state index in [1.165, 1.54) is 0 Å². The van der Waals surface area contributed by atoms with Gasteiger partial charge >= 0.3 is 0 Å². The number of ketones is 1. The van der Waals surface area contributed by atoms with Crippen LogP contribution in [0, 0.1) is 0 Å². The highest BCUT2D eigenvalue weighted by atomic mass is 35.5. The highest BCUT2D eigenvalue weighted by molar-refractivity contribution is 6.31. The van der Waals surface area contributed by atoms with Crippen molar-refractivity contribution >= 4 is 17.4 Å². The van der Waals surface area contributed by atoms with Gasteiger partial charge in [-0.15, -0.1) is 0 Å². The number of hydrogen-bond acceptors (Lipinski definition) is 1. The van der Waals surface area contributed by atoms with Crippen molar-refractivity contribution in [1.29, 1.82) is 0 Å². The summed E-state index contributed by atoms with van der Waals surface area (Å²) in [6.45, 7) is 5.57. The first-order valence-electron chi connectivity index (χ1n) is 4.01. The fraction of sp³-hybridized carbons (Fsp3) is 0.667. The summed E-state index contributed by atoms with van der Waals surface area (Å²) in [5.41, 5.74) is 0.786. The largest absolute Gasteiger partial charge is 0.295 e. The Morgan fingerprint density at radius 2 is 1.91 bits per heavy atom. The molecule has 0 bridgehead atoms. The lowest BCUT2D eigenvalue weighted by Gasteiger charge is -2.02. The number of halogens is 1. The molecule has 0 fully saturated rings. The van der Waals surface area contributed by atoms with E-state index in [1.54, 1.807) is 6.92 Å². The fourth-order valence-corrected chi connectivity index (χ4v) is 1.46. The van der Waals surface area contributed by atoms with Gasteiger partial charge in [-0.1, -0.05) is 31.9 Å². The second kappa shape index (κ2) is 5.36. The van der Waals surface area contributed by atoms with Crippen molar-refractivity contribution in [1.82, 2.24) is 0 Å². The molecule has 0 amide bonds. The average molecular weight is 175 g/mol. The van der Waals surface area contributed by atoms with Crippen molar-refractivity contribution in [2.24, 2.45) is 0 Å². The molecule has 0 aliphatic heterocycles. The zero-order valence-corrected chi connectivity index (χ0v) is 8.16. The molecular weight excluding hydrogens is 160 g/mol. The van der Waals surface area contributed by atoms with Gasteiger partial charge in [-0.2, -0.15) is 0 Å². The lowest BCUT2D eigenvalue weighted by Crippen LogP contribution is -1.97. The first-order valence-corrected chi connectivity index (χ1v) is 4.39. The molecule has 0 N–H and O–H groups in total. The zero-order chi connectivity index (χ0) is 8.85. The van der Waals surface area contributed by atoms with Crippen LogP contribution in [0.1, 0.15) is 40.0 Å². The van der Waals surface area contributed by atoms with E-state index in [-0.39, 0.29) is 5.78 Å². The van der Waals surface area contributed by atoms with Gasteiger partial charge in [0.2, 0.25) is 0 Å². The van der Waals surface area contributed by atoms with Gasteiger partial charge in [0.25, 0.3) is 0 Å². The van der Waals surface area contributed by atoms with Crippen LogP contribution in [0.2, 0.25) is 0 Å². The quantitative estimate of drug-likeness (QED) is 0.598. The maximum Gasteiger partial charge on any atom is 0.156 e. The predicted octanol–water partition coefficient (Wildman–Crippen LogP) is 3.28. The lowest BCUT2D eigenvalue weighted by molar-refractivity contribution is -0.113. The minimum absolute atomic E-state index is 0.103. The van der Waals surface area contributed by atoms with Crippen LogP contribution in [0.3, 0.4) is 0 Å². The summed E-state index contributed by atoms with van der Waals surface area (Å²) in [4.78, 5) is 10.9. The van der Waals surface area contributed by atoms with Gasteiger partial charge in [0.15, 0.2) is 5.78 Å². The minimum Gasteiger partial charge on any atom is -0.295 e. The molecule has 0 rings (SSSR count). The molecule has 0 aromatic carbocycles. The van der Waals surface area contributed by atoms with Crippen LogP contribution in [0.4, 0.5) is 0 Å². The van der Waals surface area contributed by atoms with Crippen LogP contribution in [-0.4, -0.2) is 5.78 Å². The predicted molar refractivity (Wildman–Crippen MR) is 48.8 cm³/mol. The molecule has 0 aliphatic rings. The third-order valence-electron chi connectivity index (χ3n) is 1.58. The summed E-state index contributed by atoms with van der Waals surface area (Å²) in [7, 11) is 0. The van der Waals surface area contributed by atoms with Gasteiger partial charge in [-0.25, -0.2) is 0 Å². The van der Waals surface area contributed by atoms with Crippen LogP contribution < -0.4 is 0 Å². The van der Waals surface area contributed by atoms with E-state index >= 15 is 0 Å². The standard InChI is InChI=1S/C9H15ClO/c1-4-6-9(10)8(5-2)7(3)11/h4-6H2,1-3H3/b9-8-. The molecule has 2 heteroatoms. The molecule has 64 valence electrons. The number of carbonyl (C=O) groups is 1. The Labute approximate surface area is 73.4 Å². The molecule has 0 spiro atoms. The Morgan fingerprint density at radius 1 is 1.36 bits per heavy atom. The molecule has 0 aromatic rings. The Kier molecular flexibility index (Phi) is 5.22. The molecule has 0 unspecified atom stereocenters. The van der Waals surface area contributed by atoms with Crippen molar-refractivity contribution in [3.63, 3.8) is 0 Å². The second-order valence-electron chi connectivity index (χ2n) is 2.54. The molecule has 0 atom stereocenters. The number of hydrogen-bond donors (Lipinski definition) is 0. The van der Waals surface area contributed by atoms with Crippen molar-refractivity contribution in [2.75, 3.05) is 0 Å². The van der Waals surface area contributed by atoms with E-state index in [1.807, 2.05) is 6.92 Å². The van der Waals surface area contributed by atoms with Crippen LogP contribution in [0.25, 0.3) is 0 Å². The molecule has 11 heavy (non-hydrogen) atoms. The SMILES string of the molecule is CCC/C(Cl)=C(\CC)C(C)=O. The van der Waals surface area contributed by atoms with E-state index < -0.39 is 0 Å². The Bertz CT molecular complexity index is 170. The third kappa shape index (κ3) is 3.57. The first kappa shape index (κ1) is 10.7. The first-order chi connectivity index (χ1) is 5.13. The Balaban J connectivity index is 4.40. The Morgan fingerprint density at radius 3 is 2.18 bits per heavy atom. The Hall–Kier alpha value is -0.300. The number of allylic oxidation sites excluding steroid dienone is 2. The van der Waals surface area contributed by atoms with Crippen molar-refractivity contribution in [3.8, 4) is 0 Å². The molecule has 0 saturated heterocycles. The highest BCUT2D eigenvalue weighted by Gasteiger charge is 2.05. The molecule has 1 nitrogen and oxygen atoms in total. The molecule has 0 radical (unpaired) electrons. The summed E-state index contributed by atoms with van der Waals surface area (Å²) in [5.74, 6) is 0.103. The second-order valence-corrected chi connectivity index (χ2v) is 3.00. The fourth-order valence-electron chi connectivity index (χ4n) is 1.00. The smallest absolute Gasteiger partial charge is 0.156 e. The zero-order valence-electron chi connectivity index (χ0n) is 7.41. The summed E-state index contributed by atoms with van der Waals surface area (Å²) in [6.07, 6.45) is 2.56. The van der Waals surface area contributed by atoms with Gasteiger partial charge in [-0.05, 0) is 19.8 Å². The lowest BCUT2D eigenvalue weighted by atomic mass is 10.1. The van der Waals surface area contributed by atoms with E-state index in [0.717, 1.165) is 29.9 Å². The summed E-state index contributed by atoms with van der Waals surface area (Å²) >= 11 is 5.90. The van der Waals surface area contributed by atoms with Crippen LogP contribution >= 0.6 is 11.6 Å². The maximum atomic E-state index is 10.9. The number of rotatable bonds is 4. The summed E-state index contributed by atoms with van der Waals surface area (Å²) < 4.78 is 0. The monoisotopic (exact) mass is 174 g/mol. The van der Waals surface area contributed by atoms with Crippen LogP contribution in [-0.2, 0) is 4.79 Å². The summed E-state index contributed by atoms with van der Waals surface area (Å²) in [5, 5.41) is 0.738. The molecule has 0 aromatic heterocycles. The van der Waals surface area contributed by atoms with E-state index in [9.17, 15) is 4.79 Å². The average Bonchev–Trinajstić information content (AvgIpc) is 1.88. The van der Waals surface area contributed by atoms with E-state index in [4.69, 9.17) is 11.6 Å². The van der Waals surface area contributed by atoms with Crippen molar-refractivity contribution < 1.29 is 4.79 Å². The number of carbonyl (C=O) groups excluding carboxylic acids is 1. The van der Waals surface area contributed by atoms with Gasteiger partial charge in [0, 0.05) is 10.6 Å². The van der Waals surface area contributed by atoms with Gasteiger partial charge in [0.1, 0.15) is 0 Å². The molecule has 0 aliphatic carbocycles. The van der Waals surface area contributed by atoms with Gasteiger partial charge in [-0.3, -0.25) is 4.79 Å². The van der Waals surface area contributed by atoms with Crippen LogP contribution in [0.5, 0.6) is 0 Å². The molecule has 0 heterocycles. The van der Waals surface area contributed by atoms with Crippen LogP contribution in [0.15, 0.2) is 10.6 Å². The maximum absolute atomic E-state index is 10.9. The van der Waals surface area contributed by atoms with Gasteiger partial charge < -0.3 is 0 Å². The van der Waals surface area contributed by atoms with E-state index in [0.29, 0.717) is 0 Å². The normalized spacial score (nSPS) is 12.7. The van der Waals surface area contributed by atoms with E-state index in [2.05, 4.69) is 6.92 Å². The molecular formula is C9H15ClO. The minimum atomic E-state index is 0.103. The van der Waals surface area contributed by atoms with Crippen molar-refractivity contribution in [2.45, 2.75) is 40.0 Å².